The zero-order valence-electron chi connectivity index (χ0n) is 8.94. The molecule has 0 atom stereocenters. The van der Waals surface area contributed by atoms with E-state index in [0.717, 1.165) is 31.4 Å². The molecule has 0 aliphatic carbocycles. The highest BCUT2D eigenvalue weighted by atomic mass is 127. The lowest BCUT2D eigenvalue weighted by molar-refractivity contribution is 1.12. The first-order chi connectivity index (χ1) is 8.25. The van der Waals surface area contributed by atoms with Crippen LogP contribution < -0.4 is 5.73 Å². The van der Waals surface area contributed by atoms with Crippen molar-refractivity contribution >= 4 is 39.2 Å². The molecule has 0 aliphatic rings. The van der Waals surface area contributed by atoms with E-state index in [1.165, 1.54) is 0 Å². The predicted octanol–water partition coefficient (Wildman–Crippen LogP) is 3.42. The molecular formula is C13H10IN3. The minimum absolute atomic E-state index is 0.752. The maximum absolute atomic E-state index is 6.01. The Morgan fingerprint density at radius 1 is 1.12 bits per heavy atom. The summed E-state index contributed by atoms with van der Waals surface area (Å²) in [7, 11) is 0. The van der Waals surface area contributed by atoms with Gasteiger partial charge in [0.1, 0.15) is 5.69 Å². The van der Waals surface area contributed by atoms with Crippen LogP contribution in [-0.2, 0) is 0 Å². The van der Waals surface area contributed by atoms with E-state index in [1.54, 1.807) is 0 Å². The average Bonchev–Trinajstić information content (AvgIpc) is 2.76. The van der Waals surface area contributed by atoms with Crippen LogP contribution in [0, 0.1) is 3.57 Å². The van der Waals surface area contributed by atoms with Crippen LogP contribution >= 0.6 is 22.6 Å². The number of nitrogens with one attached hydrogen (secondary N) is 1. The van der Waals surface area contributed by atoms with Crippen molar-refractivity contribution in [3.63, 3.8) is 0 Å². The van der Waals surface area contributed by atoms with Gasteiger partial charge in [0.25, 0.3) is 0 Å². The lowest BCUT2D eigenvalue weighted by atomic mass is 10.1. The van der Waals surface area contributed by atoms with Crippen LogP contribution in [0.4, 0.5) is 5.69 Å². The van der Waals surface area contributed by atoms with Gasteiger partial charge >= 0.3 is 0 Å². The molecule has 0 aliphatic heterocycles. The van der Waals surface area contributed by atoms with Crippen molar-refractivity contribution in [2.45, 2.75) is 0 Å². The van der Waals surface area contributed by atoms with Crippen LogP contribution in [0.25, 0.3) is 22.2 Å². The number of fused-ring (bicyclic) bond motifs is 1. The molecule has 2 aromatic carbocycles. The van der Waals surface area contributed by atoms with Crippen LogP contribution in [0.15, 0.2) is 42.5 Å². The number of hydrogen-bond acceptors (Lipinski definition) is 2. The molecular weight excluding hydrogens is 325 g/mol. The second-order valence-corrected chi connectivity index (χ2v) is 5.10. The van der Waals surface area contributed by atoms with Crippen LogP contribution in [0.3, 0.4) is 0 Å². The number of halogens is 1. The molecule has 0 radical (unpaired) electrons. The highest BCUT2D eigenvalue weighted by Crippen LogP contribution is 2.31. The van der Waals surface area contributed by atoms with Gasteiger partial charge < -0.3 is 5.73 Å². The van der Waals surface area contributed by atoms with Crippen LogP contribution in [0.5, 0.6) is 0 Å². The minimum Gasteiger partial charge on any atom is -0.398 e. The fourth-order valence-corrected chi connectivity index (χ4v) is 2.39. The van der Waals surface area contributed by atoms with Gasteiger partial charge in [0, 0.05) is 20.2 Å². The third-order valence-corrected chi connectivity index (χ3v) is 3.41. The minimum atomic E-state index is 0.752. The molecule has 0 spiro atoms. The lowest BCUT2D eigenvalue weighted by Crippen LogP contribution is -1.91. The maximum atomic E-state index is 6.01. The lowest BCUT2D eigenvalue weighted by Gasteiger charge is -2.03. The van der Waals surface area contributed by atoms with Crippen LogP contribution in [0.2, 0.25) is 0 Å². The molecule has 0 bridgehead atoms. The van der Waals surface area contributed by atoms with Gasteiger partial charge in [0.05, 0.1) is 5.52 Å². The summed E-state index contributed by atoms with van der Waals surface area (Å²) < 4.78 is 1.15. The molecule has 0 saturated carbocycles. The molecule has 3 aromatic rings. The Hall–Kier alpha value is -1.56. The number of aromatic amines is 1. The van der Waals surface area contributed by atoms with E-state index >= 15 is 0 Å². The van der Waals surface area contributed by atoms with E-state index < -0.39 is 0 Å². The number of benzene rings is 2. The number of hydrogen-bond donors (Lipinski definition) is 2. The van der Waals surface area contributed by atoms with Crippen molar-refractivity contribution in [1.29, 1.82) is 0 Å². The molecule has 17 heavy (non-hydrogen) atoms. The largest absolute Gasteiger partial charge is 0.398 e. The van der Waals surface area contributed by atoms with Crippen LogP contribution in [0.1, 0.15) is 0 Å². The summed E-state index contributed by atoms with van der Waals surface area (Å²) in [5.41, 5.74) is 9.69. The van der Waals surface area contributed by atoms with Crippen molar-refractivity contribution in [2.75, 3.05) is 5.73 Å². The molecule has 84 valence electrons. The molecule has 3 N–H and O–H groups in total. The maximum Gasteiger partial charge on any atom is 0.102 e. The van der Waals surface area contributed by atoms with Gasteiger partial charge in [0.15, 0.2) is 0 Å². The number of nitrogens with zero attached hydrogens (tertiary/aromatic N) is 1. The SMILES string of the molecule is Nc1ccc(I)cc1-c1n[nH]c2ccccc12. The van der Waals surface area contributed by atoms with E-state index in [4.69, 9.17) is 5.73 Å². The number of anilines is 1. The van der Waals surface area contributed by atoms with Crippen molar-refractivity contribution < 1.29 is 0 Å². The zero-order valence-corrected chi connectivity index (χ0v) is 11.1. The molecule has 1 aromatic heterocycles. The summed E-state index contributed by atoms with van der Waals surface area (Å²) in [6.45, 7) is 0. The zero-order chi connectivity index (χ0) is 11.8. The highest BCUT2D eigenvalue weighted by Gasteiger charge is 2.10. The number of para-hydroxylation sites is 1. The Morgan fingerprint density at radius 2 is 1.94 bits per heavy atom. The molecule has 3 nitrogen and oxygen atoms in total. The number of nitrogen functional groups attached to an aromatic ring is 1. The molecule has 0 fully saturated rings. The fourth-order valence-electron chi connectivity index (χ4n) is 1.90. The quantitative estimate of drug-likeness (QED) is 0.529. The van der Waals surface area contributed by atoms with Gasteiger partial charge in [-0.25, -0.2) is 0 Å². The summed E-state index contributed by atoms with van der Waals surface area (Å²) in [6.07, 6.45) is 0. The molecule has 0 unspecified atom stereocenters. The third kappa shape index (κ3) is 1.78. The second kappa shape index (κ2) is 4.03. The summed E-state index contributed by atoms with van der Waals surface area (Å²) >= 11 is 2.28. The summed E-state index contributed by atoms with van der Waals surface area (Å²) in [6, 6.07) is 14.0. The van der Waals surface area contributed by atoms with Crippen molar-refractivity contribution in [3.8, 4) is 11.3 Å². The highest BCUT2D eigenvalue weighted by molar-refractivity contribution is 14.1. The van der Waals surface area contributed by atoms with Crippen molar-refractivity contribution in [2.24, 2.45) is 0 Å². The van der Waals surface area contributed by atoms with Gasteiger partial charge in [0.2, 0.25) is 0 Å². The Kier molecular flexibility index (Phi) is 2.51. The number of rotatable bonds is 1. The van der Waals surface area contributed by atoms with Crippen molar-refractivity contribution in [3.05, 3.63) is 46.0 Å². The van der Waals surface area contributed by atoms with E-state index in [9.17, 15) is 0 Å². The van der Waals surface area contributed by atoms with E-state index in [1.807, 2.05) is 36.4 Å². The van der Waals surface area contributed by atoms with Gasteiger partial charge in [-0.05, 0) is 46.9 Å². The normalized spacial score (nSPS) is 10.9. The van der Waals surface area contributed by atoms with Gasteiger partial charge in [-0.1, -0.05) is 18.2 Å². The van der Waals surface area contributed by atoms with Crippen LogP contribution in [-0.4, -0.2) is 10.2 Å². The Labute approximate surface area is 112 Å². The topological polar surface area (TPSA) is 54.7 Å². The Balaban J connectivity index is 2.31. The molecule has 0 saturated heterocycles. The first kappa shape index (κ1) is 10.6. The number of H-pyrrole nitrogens is 1. The Morgan fingerprint density at radius 3 is 2.82 bits per heavy atom. The Bertz CT molecular complexity index is 688. The second-order valence-electron chi connectivity index (χ2n) is 3.85. The predicted molar refractivity (Wildman–Crippen MR) is 78.7 cm³/mol. The monoisotopic (exact) mass is 335 g/mol. The standard InChI is InChI=1S/C13H10IN3/c14-8-5-6-11(15)10(7-8)13-9-3-1-2-4-12(9)16-17-13/h1-7H,15H2,(H,16,17). The summed E-state index contributed by atoms with van der Waals surface area (Å²) in [4.78, 5) is 0. The molecule has 4 heteroatoms. The fraction of sp³-hybridized carbons (Fsp3) is 0. The van der Waals surface area contributed by atoms with Crippen molar-refractivity contribution in [1.82, 2.24) is 10.2 Å². The van der Waals surface area contributed by atoms with Gasteiger partial charge in [-0.2, -0.15) is 5.10 Å². The third-order valence-electron chi connectivity index (χ3n) is 2.74. The first-order valence-corrected chi connectivity index (χ1v) is 6.32. The molecule has 0 amide bonds. The number of nitrogens with two attached hydrogens (primary N) is 1. The first-order valence-electron chi connectivity index (χ1n) is 5.24. The molecule has 1 heterocycles. The van der Waals surface area contributed by atoms with E-state index in [0.29, 0.717) is 0 Å². The average molecular weight is 335 g/mol. The summed E-state index contributed by atoms with van der Waals surface area (Å²) in [5.74, 6) is 0. The number of aromatic nitrogens is 2. The van der Waals surface area contributed by atoms with E-state index in [-0.39, 0.29) is 0 Å². The molecule has 3 rings (SSSR count). The van der Waals surface area contributed by atoms with Gasteiger partial charge in [-0.15, -0.1) is 0 Å². The summed E-state index contributed by atoms with van der Waals surface area (Å²) in [5, 5.41) is 8.48. The van der Waals surface area contributed by atoms with Gasteiger partial charge in [-0.3, -0.25) is 5.10 Å². The smallest absolute Gasteiger partial charge is 0.102 e. The van der Waals surface area contributed by atoms with E-state index in [2.05, 4.69) is 38.9 Å².